The smallest absolute Gasteiger partial charge is 0.119 e. The van der Waals surface area contributed by atoms with Crippen LogP contribution >= 0.6 is 0 Å². The van der Waals surface area contributed by atoms with Crippen molar-refractivity contribution in [1.29, 1.82) is 0 Å². The highest BCUT2D eigenvalue weighted by Crippen LogP contribution is 2.14. The molecule has 0 heterocycles. The van der Waals surface area contributed by atoms with Gasteiger partial charge in [0.15, 0.2) is 0 Å². The summed E-state index contributed by atoms with van der Waals surface area (Å²) in [7, 11) is 1.70. The Kier molecular flexibility index (Phi) is 6.67. The van der Waals surface area contributed by atoms with E-state index in [0.717, 1.165) is 31.9 Å². The lowest BCUT2D eigenvalue weighted by Crippen LogP contribution is -2.35. The van der Waals surface area contributed by atoms with Crippen molar-refractivity contribution in [3.8, 4) is 5.75 Å². The summed E-state index contributed by atoms with van der Waals surface area (Å²) in [5.41, 5.74) is 1.27. The van der Waals surface area contributed by atoms with Crippen molar-refractivity contribution in [2.24, 2.45) is 0 Å². The summed E-state index contributed by atoms with van der Waals surface area (Å²) in [4.78, 5) is 0. The second kappa shape index (κ2) is 8.09. The molecule has 0 saturated heterocycles. The van der Waals surface area contributed by atoms with E-state index in [0.29, 0.717) is 6.04 Å². The quantitative estimate of drug-likeness (QED) is 0.752. The van der Waals surface area contributed by atoms with E-state index in [4.69, 9.17) is 9.47 Å². The molecule has 1 atom stereocenters. The van der Waals surface area contributed by atoms with E-state index >= 15 is 0 Å². The molecule has 0 aliphatic carbocycles. The molecule has 0 amide bonds. The van der Waals surface area contributed by atoms with Gasteiger partial charge in [0.2, 0.25) is 0 Å². The average Bonchev–Trinajstić information content (AvgIpc) is 2.36. The largest absolute Gasteiger partial charge is 0.497 e. The third-order valence-electron chi connectivity index (χ3n) is 2.63. The molecule has 1 aromatic rings. The Morgan fingerprint density at radius 1 is 1.29 bits per heavy atom. The first-order valence-corrected chi connectivity index (χ1v) is 6.24. The summed E-state index contributed by atoms with van der Waals surface area (Å²) in [6.07, 6.45) is 0.963. The fraction of sp³-hybridized carbons (Fsp3) is 0.571. The van der Waals surface area contributed by atoms with Crippen LogP contribution in [0.2, 0.25) is 0 Å². The van der Waals surface area contributed by atoms with E-state index in [1.54, 1.807) is 7.11 Å². The second-order valence-electron chi connectivity index (χ2n) is 3.97. The molecule has 0 radical (unpaired) electrons. The molecule has 0 fully saturated rings. The number of benzene rings is 1. The zero-order valence-electron chi connectivity index (χ0n) is 11.0. The van der Waals surface area contributed by atoms with Gasteiger partial charge in [0.1, 0.15) is 5.75 Å². The van der Waals surface area contributed by atoms with Gasteiger partial charge in [0.05, 0.1) is 13.7 Å². The lowest BCUT2D eigenvalue weighted by Gasteiger charge is -2.18. The summed E-state index contributed by atoms with van der Waals surface area (Å²) in [6, 6.07) is 8.56. The van der Waals surface area contributed by atoms with E-state index in [1.165, 1.54) is 5.56 Å². The number of likely N-dealkylation sites (N-methyl/N-ethyl adjacent to an activating group) is 1. The Balaban J connectivity index is 2.57. The van der Waals surface area contributed by atoms with Crippen molar-refractivity contribution in [1.82, 2.24) is 5.32 Å². The maximum absolute atomic E-state index is 5.48. The van der Waals surface area contributed by atoms with Crippen molar-refractivity contribution in [3.05, 3.63) is 29.8 Å². The highest BCUT2D eigenvalue weighted by atomic mass is 16.5. The molecular formula is C14H23NO2. The number of rotatable bonds is 8. The van der Waals surface area contributed by atoms with Gasteiger partial charge in [-0.15, -0.1) is 0 Å². The molecule has 1 unspecified atom stereocenters. The number of methoxy groups -OCH3 is 1. The predicted octanol–water partition coefficient (Wildman–Crippen LogP) is 2.25. The van der Waals surface area contributed by atoms with Crippen LogP contribution in [0.15, 0.2) is 24.3 Å². The van der Waals surface area contributed by atoms with Gasteiger partial charge in [-0.1, -0.05) is 19.1 Å². The lowest BCUT2D eigenvalue weighted by atomic mass is 10.1. The molecule has 1 N–H and O–H groups in total. The van der Waals surface area contributed by atoms with Crippen LogP contribution in [0.5, 0.6) is 5.75 Å². The summed E-state index contributed by atoms with van der Waals surface area (Å²) < 4.78 is 10.7. The van der Waals surface area contributed by atoms with E-state index in [2.05, 4.69) is 24.4 Å². The molecule has 0 aliphatic rings. The first kappa shape index (κ1) is 14.0. The minimum atomic E-state index is 0.368. The van der Waals surface area contributed by atoms with Gasteiger partial charge < -0.3 is 14.8 Å². The zero-order chi connectivity index (χ0) is 12.5. The van der Waals surface area contributed by atoms with E-state index < -0.39 is 0 Å². The molecule has 0 saturated carbocycles. The van der Waals surface area contributed by atoms with Crippen molar-refractivity contribution < 1.29 is 9.47 Å². The van der Waals surface area contributed by atoms with Gasteiger partial charge in [-0.2, -0.15) is 0 Å². The van der Waals surface area contributed by atoms with Gasteiger partial charge in [-0.3, -0.25) is 0 Å². The summed E-state index contributed by atoms with van der Waals surface area (Å²) in [6.45, 7) is 6.61. The molecule has 96 valence electrons. The van der Waals surface area contributed by atoms with E-state index in [9.17, 15) is 0 Å². The second-order valence-corrected chi connectivity index (χ2v) is 3.97. The average molecular weight is 237 g/mol. The van der Waals surface area contributed by atoms with Crippen LogP contribution in [0.1, 0.15) is 19.4 Å². The molecule has 0 aliphatic heterocycles. The van der Waals surface area contributed by atoms with Crippen LogP contribution in [0.3, 0.4) is 0 Å². The fourth-order valence-corrected chi connectivity index (χ4v) is 1.82. The van der Waals surface area contributed by atoms with Gasteiger partial charge in [-0.25, -0.2) is 0 Å². The Morgan fingerprint density at radius 3 is 2.76 bits per heavy atom. The molecule has 3 nitrogen and oxygen atoms in total. The standard InChI is InChI=1S/C14H23NO2/c1-4-15-13(11-17-5-2)9-12-7-6-8-14(10-12)16-3/h6-8,10,13,15H,4-5,9,11H2,1-3H3. The number of ether oxygens (including phenoxy) is 2. The molecule has 3 heteroatoms. The van der Waals surface area contributed by atoms with Crippen LogP contribution in [0, 0.1) is 0 Å². The van der Waals surface area contributed by atoms with Crippen molar-refractivity contribution in [2.75, 3.05) is 26.9 Å². The normalized spacial score (nSPS) is 12.4. The van der Waals surface area contributed by atoms with Gasteiger partial charge in [0, 0.05) is 12.6 Å². The monoisotopic (exact) mass is 237 g/mol. The summed E-state index contributed by atoms with van der Waals surface area (Å²) in [5.74, 6) is 0.911. The van der Waals surface area contributed by atoms with E-state index in [-0.39, 0.29) is 0 Å². The molecule has 0 aromatic heterocycles. The minimum absolute atomic E-state index is 0.368. The summed E-state index contributed by atoms with van der Waals surface area (Å²) >= 11 is 0. The molecule has 17 heavy (non-hydrogen) atoms. The lowest BCUT2D eigenvalue weighted by molar-refractivity contribution is 0.123. The van der Waals surface area contributed by atoms with Crippen molar-refractivity contribution >= 4 is 0 Å². The Labute approximate surface area is 104 Å². The highest BCUT2D eigenvalue weighted by Gasteiger charge is 2.08. The van der Waals surface area contributed by atoms with Crippen LogP contribution in [-0.2, 0) is 11.2 Å². The molecule has 1 rings (SSSR count). The molecular weight excluding hydrogens is 214 g/mol. The molecule has 0 spiro atoms. The van der Waals surface area contributed by atoms with Crippen LogP contribution < -0.4 is 10.1 Å². The third-order valence-corrected chi connectivity index (χ3v) is 2.63. The van der Waals surface area contributed by atoms with Gasteiger partial charge in [0.25, 0.3) is 0 Å². The number of hydrogen-bond acceptors (Lipinski definition) is 3. The number of nitrogens with one attached hydrogen (secondary N) is 1. The van der Waals surface area contributed by atoms with Gasteiger partial charge >= 0.3 is 0 Å². The van der Waals surface area contributed by atoms with Crippen LogP contribution in [0.25, 0.3) is 0 Å². The van der Waals surface area contributed by atoms with Gasteiger partial charge in [-0.05, 0) is 37.6 Å². The maximum Gasteiger partial charge on any atom is 0.119 e. The van der Waals surface area contributed by atoms with Crippen molar-refractivity contribution in [3.63, 3.8) is 0 Å². The summed E-state index contributed by atoms with van der Waals surface area (Å²) in [5, 5.41) is 3.44. The first-order chi connectivity index (χ1) is 8.30. The zero-order valence-corrected chi connectivity index (χ0v) is 11.0. The first-order valence-electron chi connectivity index (χ1n) is 6.24. The molecule has 1 aromatic carbocycles. The van der Waals surface area contributed by atoms with Crippen LogP contribution in [0.4, 0.5) is 0 Å². The van der Waals surface area contributed by atoms with Crippen LogP contribution in [-0.4, -0.2) is 32.9 Å². The Bertz CT molecular complexity index is 315. The molecule has 0 bridgehead atoms. The minimum Gasteiger partial charge on any atom is -0.497 e. The Morgan fingerprint density at radius 2 is 2.12 bits per heavy atom. The fourth-order valence-electron chi connectivity index (χ4n) is 1.82. The van der Waals surface area contributed by atoms with E-state index in [1.807, 2.05) is 19.1 Å². The predicted molar refractivity (Wildman–Crippen MR) is 70.7 cm³/mol. The topological polar surface area (TPSA) is 30.5 Å². The maximum atomic E-state index is 5.48. The third kappa shape index (κ3) is 5.20. The number of hydrogen-bond donors (Lipinski definition) is 1. The highest BCUT2D eigenvalue weighted by molar-refractivity contribution is 5.28. The van der Waals surface area contributed by atoms with Crippen molar-refractivity contribution in [2.45, 2.75) is 26.3 Å². The Hall–Kier alpha value is -1.06. The SMILES string of the molecule is CCNC(COCC)Cc1cccc(OC)c1.